The summed E-state index contributed by atoms with van der Waals surface area (Å²) in [4.78, 5) is 14.0. The van der Waals surface area contributed by atoms with Crippen molar-refractivity contribution in [1.29, 1.82) is 0 Å². The van der Waals surface area contributed by atoms with Crippen molar-refractivity contribution in [3.05, 3.63) is 24.2 Å². The molecule has 0 aliphatic carbocycles. The minimum atomic E-state index is 0.191. The lowest BCUT2D eigenvalue weighted by Crippen LogP contribution is -2.38. The second kappa shape index (κ2) is 5.58. The predicted octanol–water partition coefficient (Wildman–Crippen LogP) is 2.69. The van der Waals surface area contributed by atoms with E-state index in [4.69, 9.17) is 16.0 Å². The quantitative estimate of drug-likeness (QED) is 0.775. The average molecular weight is 256 g/mol. The molecule has 2 atom stereocenters. The summed E-state index contributed by atoms with van der Waals surface area (Å²) in [5.41, 5.74) is 0. The summed E-state index contributed by atoms with van der Waals surface area (Å²) >= 11 is 5.93. The first-order chi connectivity index (χ1) is 8.22. The Morgan fingerprint density at radius 2 is 2.47 bits per heavy atom. The Morgan fingerprint density at radius 1 is 1.65 bits per heavy atom. The third-order valence-corrected chi connectivity index (χ3v) is 3.84. The highest BCUT2D eigenvalue weighted by Gasteiger charge is 2.33. The van der Waals surface area contributed by atoms with Crippen LogP contribution in [0.15, 0.2) is 22.8 Å². The van der Waals surface area contributed by atoms with Crippen molar-refractivity contribution in [2.75, 3.05) is 12.4 Å². The van der Waals surface area contributed by atoms with Crippen LogP contribution in [-0.4, -0.2) is 29.3 Å². The lowest BCUT2D eigenvalue weighted by Gasteiger charge is -2.25. The van der Waals surface area contributed by atoms with Gasteiger partial charge in [0.1, 0.15) is 5.76 Å². The number of alkyl halides is 1. The first-order valence-electron chi connectivity index (χ1n) is 6.10. The highest BCUT2D eigenvalue weighted by atomic mass is 35.5. The van der Waals surface area contributed by atoms with Crippen LogP contribution < -0.4 is 0 Å². The fraction of sp³-hybridized carbons (Fsp3) is 0.615. The van der Waals surface area contributed by atoms with Gasteiger partial charge in [0.05, 0.1) is 6.26 Å². The molecule has 2 unspecified atom stereocenters. The maximum atomic E-state index is 12.1. The molecule has 1 aromatic rings. The molecule has 0 aromatic carbocycles. The number of halogens is 1. The monoisotopic (exact) mass is 255 g/mol. The zero-order valence-corrected chi connectivity index (χ0v) is 10.8. The molecule has 4 heteroatoms. The molecule has 0 N–H and O–H groups in total. The van der Waals surface area contributed by atoms with Crippen molar-refractivity contribution < 1.29 is 9.21 Å². The Kier molecular flexibility index (Phi) is 4.11. The Labute approximate surface area is 107 Å². The van der Waals surface area contributed by atoms with Crippen LogP contribution in [-0.2, 0) is 11.2 Å². The number of carbonyl (C=O) groups excluding carboxylic acids is 1. The number of carbonyl (C=O) groups is 1. The van der Waals surface area contributed by atoms with E-state index in [1.165, 1.54) is 0 Å². The molecule has 1 saturated heterocycles. The number of hydrogen-bond donors (Lipinski definition) is 0. The maximum absolute atomic E-state index is 12.1. The number of aryl methyl sites for hydroxylation is 1. The molecule has 0 radical (unpaired) electrons. The van der Waals surface area contributed by atoms with Gasteiger partial charge in [0.25, 0.3) is 0 Å². The van der Waals surface area contributed by atoms with E-state index in [0.29, 0.717) is 24.6 Å². The lowest BCUT2D eigenvalue weighted by atomic mass is 10.0. The molecule has 94 valence electrons. The van der Waals surface area contributed by atoms with Crippen LogP contribution in [0.25, 0.3) is 0 Å². The minimum absolute atomic E-state index is 0.191. The van der Waals surface area contributed by atoms with Crippen molar-refractivity contribution in [2.24, 2.45) is 5.92 Å². The van der Waals surface area contributed by atoms with Gasteiger partial charge in [0, 0.05) is 31.3 Å². The Morgan fingerprint density at radius 3 is 3.12 bits per heavy atom. The van der Waals surface area contributed by atoms with Crippen LogP contribution in [0.5, 0.6) is 0 Å². The molecule has 1 fully saturated rings. The topological polar surface area (TPSA) is 33.5 Å². The molecule has 1 amide bonds. The molecular weight excluding hydrogens is 238 g/mol. The lowest BCUT2D eigenvalue weighted by molar-refractivity contribution is -0.131. The molecule has 17 heavy (non-hydrogen) atoms. The zero-order valence-electron chi connectivity index (χ0n) is 10.1. The van der Waals surface area contributed by atoms with E-state index in [1.807, 2.05) is 17.0 Å². The molecule has 1 aliphatic heterocycles. The smallest absolute Gasteiger partial charge is 0.223 e. The number of furan rings is 1. The van der Waals surface area contributed by atoms with Gasteiger partial charge in [-0.1, -0.05) is 6.92 Å². The van der Waals surface area contributed by atoms with Gasteiger partial charge in [0.15, 0.2) is 0 Å². The van der Waals surface area contributed by atoms with Gasteiger partial charge in [-0.05, 0) is 24.5 Å². The van der Waals surface area contributed by atoms with Crippen LogP contribution in [0.3, 0.4) is 0 Å². The summed E-state index contributed by atoms with van der Waals surface area (Å²) in [5.74, 6) is 2.11. The number of rotatable bonds is 4. The van der Waals surface area contributed by atoms with E-state index in [1.54, 1.807) is 6.26 Å². The van der Waals surface area contributed by atoms with Gasteiger partial charge in [0.2, 0.25) is 5.91 Å². The molecule has 2 rings (SSSR count). The molecule has 2 heterocycles. The molecule has 3 nitrogen and oxygen atoms in total. The molecule has 0 bridgehead atoms. The van der Waals surface area contributed by atoms with Crippen molar-refractivity contribution >= 4 is 17.5 Å². The first-order valence-corrected chi connectivity index (χ1v) is 6.63. The van der Waals surface area contributed by atoms with E-state index in [9.17, 15) is 4.79 Å². The second-order valence-corrected chi connectivity index (χ2v) is 4.96. The van der Waals surface area contributed by atoms with Crippen molar-refractivity contribution in [3.63, 3.8) is 0 Å². The molecule has 1 aromatic heterocycles. The summed E-state index contributed by atoms with van der Waals surface area (Å²) < 4.78 is 5.22. The minimum Gasteiger partial charge on any atom is -0.469 e. The summed E-state index contributed by atoms with van der Waals surface area (Å²) in [7, 11) is 0. The van der Waals surface area contributed by atoms with Crippen LogP contribution in [0, 0.1) is 5.92 Å². The largest absolute Gasteiger partial charge is 0.469 e. The second-order valence-electron chi connectivity index (χ2n) is 4.65. The SMILES string of the molecule is CC1CCN(C(=O)CCc2ccco2)C1CCl. The predicted molar refractivity (Wildman–Crippen MR) is 67.0 cm³/mol. The highest BCUT2D eigenvalue weighted by Crippen LogP contribution is 2.25. The van der Waals surface area contributed by atoms with E-state index < -0.39 is 0 Å². The fourth-order valence-corrected chi connectivity index (χ4v) is 2.85. The molecule has 1 aliphatic rings. The third-order valence-electron chi connectivity index (χ3n) is 3.53. The van der Waals surface area contributed by atoms with Crippen LogP contribution in [0.4, 0.5) is 0 Å². The first kappa shape index (κ1) is 12.5. The fourth-order valence-electron chi connectivity index (χ4n) is 2.38. The van der Waals surface area contributed by atoms with E-state index in [0.717, 1.165) is 18.7 Å². The van der Waals surface area contributed by atoms with E-state index in [2.05, 4.69) is 6.92 Å². The average Bonchev–Trinajstić information content (AvgIpc) is 2.94. The van der Waals surface area contributed by atoms with Crippen molar-refractivity contribution in [2.45, 2.75) is 32.2 Å². The maximum Gasteiger partial charge on any atom is 0.223 e. The van der Waals surface area contributed by atoms with E-state index >= 15 is 0 Å². The molecular formula is C13H18ClNO2. The van der Waals surface area contributed by atoms with Gasteiger partial charge < -0.3 is 9.32 Å². The molecule has 0 spiro atoms. The van der Waals surface area contributed by atoms with Gasteiger partial charge in [-0.2, -0.15) is 0 Å². The number of likely N-dealkylation sites (tertiary alicyclic amines) is 1. The Hall–Kier alpha value is -0.960. The van der Waals surface area contributed by atoms with E-state index in [-0.39, 0.29) is 11.9 Å². The van der Waals surface area contributed by atoms with Crippen LogP contribution in [0.1, 0.15) is 25.5 Å². The van der Waals surface area contributed by atoms with Gasteiger partial charge in [-0.15, -0.1) is 11.6 Å². The van der Waals surface area contributed by atoms with Gasteiger partial charge in [-0.3, -0.25) is 4.79 Å². The molecule has 0 saturated carbocycles. The number of amides is 1. The Balaban J connectivity index is 1.87. The number of hydrogen-bond acceptors (Lipinski definition) is 2. The van der Waals surface area contributed by atoms with Crippen LogP contribution >= 0.6 is 11.6 Å². The summed E-state index contributed by atoms with van der Waals surface area (Å²) in [6.07, 6.45) is 3.88. The van der Waals surface area contributed by atoms with Crippen LogP contribution in [0.2, 0.25) is 0 Å². The van der Waals surface area contributed by atoms with Gasteiger partial charge in [-0.25, -0.2) is 0 Å². The summed E-state index contributed by atoms with van der Waals surface area (Å²) in [6, 6.07) is 3.96. The zero-order chi connectivity index (χ0) is 12.3. The highest BCUT2D eigenvalue weighted by molar-refractivity contribution is 6.18. The third kappa shape index (κ3) is 2.83. The normalized spacial score (nSPS) is 24.2. The Bertz CT molecular complexity index is 364. The summed E-state index contributed by atoms with van der Waals surface area (Å²) in [5, 5.41) is 0. The standard InChI is InChI=1S/C13H18ClNO2/c1-10-6-7-15(12(10)9-14)13(16)5-4-11-3-2-8-17-11/h2-3,8,10,12H,4-7,9H2,1H3. The van der Waals surface area contributed by atoms with Gasteiger partial charge >= 0.3 is 0 Å². The van der Waals surface area contributed by atoms with Crippen molar-refractivity contribution in [3.8, 4) is 0 Å². The summed E-state index contributed by atoms with van der Waals surface area (Å²) in [6.45, 7) is 3.00. The number of nitrogens with zero attached hydrogens (tertiary/aromatic N) is 1. The van der Waals surface area contributed by atoms with Crippen molar-refractivity contribution in [1.82, 2.24) is 4.90 Å².